The molecular formula is C13H22O5. The largest absolute Gasteiger partial charge is 0.348 e. The maximum atomic E-state index is 5.96. The summed E-state index contributed by atoms with van der Waals surface area (Å²) >= 11 is 0. The predicted octanol–water partition coefficient (Wildman–Crippen LogP) is 1.65. The van der Waals surface area contributed by atoms with Crippen molar-refractivity contribution < 1.29 is 23.7 Å². The lowest BCUT2D eigenvalue weighted by atomic mass is 9.97. The van der Waals surface area contributed by atoms with Crippen molar-refractivity contribution in [2.75, 3.05) is 6.61 Å². The zero-order valence-electron chi connectivity index (χ0n) is 11.6. The SMILES string of the molecule is C[C@@H]1[C@@H]2OC(C)(C)O[C@@H]2O[C@@H]1C1COC(C)(C)O1. The van der Waals surface area contributed by atoms with Crippen LogP contribution in [-0.4, -0.2) is 42.8 Å². The number of fused-ring (bicyclic) bond motifs is 1. The van der Waals surface area contributed by atoms with Crippen LogP contribution in [0.25, 0.3) is 0 Å². The molecule has 5 atom stereocenters. The van der Waals surface area contributed by atoms with Crippen LogP contribution >= 0.6 is 0 Å². The van der Waals surface area contributed by atoms with E-state index in [1.807, 2.05) is 27.7 Å². The van der Waals surface area contributed by atoms with Crippen molar-refractivity contribution in [2.45, 2.75) is 70.8 Å². The fraction of sp³-hybridized carbons (Fsp3) is 1.00. The van der Waals surface area contributed by atoms with Gasteiger partial charge in [0, 0.05) is 5.92 Å². The Kier molecular flexibility index (Phi) is 2.78. The molecule has 18 heavy (non-hydrogen) atoms. The second-order valence-electron chi connectivity index (χ2n) is 6.30. The highest BCUT2D eigenvalue weighted by Crippen LogP contribution is 2.43. The van der Waals surface area contributed by atoms with E-state index in [4.69, 9.17) is 23.7 Å². The van der Waals surface area contributed by atoms with Crippen LogP contribution in [0.4, 0.5) is 0 Å². The summed E-state index contributed by atoms with van der Waals surface area (Å²) in [6.07, 6.45) is -0.376. The molecule has 3 rings (SSSR count). The van der Waals surface area contributed by atoms with E-state index in [1.54, 1.807) is 0 Å². The van der Waals surface area contributed by atoms with Crippen LogP contribution < -0.4 is 0 Å². The summed E-state index contributed by atoms with van der Waals surface area (Å²) in [5.74, 6) is -0.841. The molecule has 0 aromatic rings. The van der Waals surface area contributed by atoms with Crippen LogP contribution in [-0.2, 0) is 23.7 Å². The monoisotopic (exact) mass is 258 g/mol. The van der Waals surface area contributed by atoms with Gasteiger partial charge in [-0.25, -0.2) is 0 Å². The average Bonchev–Trinajstić information content (AvgIpc) is 2.81. The molecule has 3 fully saturated rings. The Morgan fingerprint density at radius 1 is 0.889 bits per heavy atom. The first kappa shape index (κ1) is 12.8. The summed E-state index contributed by atoms with van der Waals surface area (Å²) in [5, 5.41) is 0. The van der Waals surface area contributed by atoms with Crippen LogP contribution in [0, 0.1) is 5.92 Å². The molecule has 5 nitrogen and oxygen atoms in total. The van der Waals surface area contributed by atoms with Gasteiger partial charge in [0.25, 0.3) is 0 Å². The van der Waals surface area contributed by atoms with Crippen molar-refractivity contribution in [1.82, 2.24) is 0 Å². The highest BCUT2D eigenvalue weighted by atomic mass is 16.8. The van der Waals surface area contributed by atoms with E-state index in [0.29, 0.717) is 6.61 Å². The lowest BCUT2D eigenvalue weighted by molar-refractivity contribution is -0.226. The highest BCUT2D eigenvalue weighted by Gasteiger charge is 2.56. The number of hydrogen-bond donors (Lipinski definition) is 0. The third-order valence-corrected chi connectivity index (χ3v) is 3.81. The Balaban J connectivity index is 1.68. The minimum absolute atomic E-state index is 0.0164. The fourth-order valence-corrected chi connectivity index (χ4v) is 2.99. The molecular weight excluding hydrogens is 236 g/mol. The van der Waals surface area contributed by atoms with E-state index in [-0.39, 0.29) is 30.5 Å². The molecule has 3 aliphatic heterocycles. The van der Waals surface area contributed by atoms with E-state index in [1.165, 1.54) is 0 Å². The Labute approximate surface area is 108 Å². The quantitative estimate of drug-likeness (QED) is 0.715. The summed E-state index contributed by atoms with van der Waals surface area (Å²) in [6.45, 7) is 10.3. The van der Waals surface area contributed by atoms with E-state index in [9.17, 15) is 0 Å². The zero-order valence-corrected chi connectivity index (χ0v) is 11.6. The summed E-state index contributed by atoms with van der Waals surface area (Å²) in [7, 11) is 0. The van der Waals surface area contributed by atoms with Gasteiger partial charge in [-0.1, -0.05) is 6.92 Å². The van der Waals surface area contributed by atoms with Crippen LogP contribution in [0.15, 0.2) is 0 Å². The molecule has 5 heteroatoms. The number of rotatable bonds is 1. The molecule has 1 unspecified atom stereocenters. The highest BCUT2D eigenvalue weighted by molar-refractivity contribution is 4.95. The van der Waals surface area contributed by atoms with Gasteiger partial charge in [0.05, 0.1) is 12.7 Å². The van der Waals surface area contributed by atoms with Gasteiger partial charge < -0.3 is 23.7 Å². The van der Waals surface area contributed by atoms with Gasteiger partial charge >= 0.3 is 0 Å². The van der Waals surface area contributed by atoms with Crippen LogP contribution in [0.5, 0.6) is 0 Å². The minimum atomic E-state index is -0.555. The molecule has 0 bridgehead atoms. The lowest BCUT2D eigenvalue weighted by Crippen LogP contribution is -2.37. The Morgan fingerprint density at radius 3 is 2.17 bits per heavy atom. The van der Waals surface area contributed by atoms with Gasteiger partial charge in [0.1, 0.15) is 12.2 Å². The molecule has 3 aliphatic rings. The molecule has 0 saturated carbocycles. The van der Waals surface area contributed by atoms with Crippen LogP contribution in [0.1, 0.15) is 34.6 Å². The van der Waals surface area contributed by atoms with Crippen molar-refractivity contribution >= 4 is 0 Å². The molecule has 0 aromatic carbocycles. The van der Waals surface area contributed by atoms with Gasteiger partial charge in [0.2, 0.25) is 0 Å². The van der Waals surface area contributed by atoms with Crippen LogP contribution in [0.2, 0.25) is 0 Å². The lowest BCUT2D eigenvalue weighted by Gasteiger charge is -2.27. The first-order valence-corrected chi connectivity index (χ1v) is 6.60. The predicted molar refractivity (Wildman–Crippen MR) is 62.8 cm³/mol. The number of hydrogen-bond acceptors (Lipinski definition) is 5. The average molecular weight is 258 g/mol. The van der Waals surface area contributed by atoms with E-state index < -0.39 is 11.6 Å². The van der Waals surface area contributed by atoms with Gasteiger partial charge in [0.15, 0.2) is 17.9 Å². The summed E-state index contributed by atoms with van der Waals surface area (Å²) in [5.41, 5.74) is 0. The van der Waals surface area contributed by atoms with E-state index in [2.05, 4.69) is 6.92 Å². The Bertz CT molecular complexity index is 340. The standard InChI is InChI=1S/C13H22O5/c1-7-9(8-6-14-12(2,3)16-8)15-11-10(7)17-13(4,5)18-11/h7-11H,6H2,1-5H3/t7-,8?,9-,10-,11-/m0/s1. The summed E-state index contributed by atoms with van der Waals surface area (Å²) < 4.78 is 29.0. The first-order valence-electron chi connectivity index (χ1n) is 6.60. The summed E-state index contributed by atoms with van der Waals surface area (Å²) in [6, 6.07) is 0. The second-order valence-corrected chi connectivity index (χ2v) is 6.30. The van der Waals surface area contributed by atoms with E-state index in [0.717, 1.165) is 0 Å². The van der Waals surface area contributed by atoms with E-state index >= 15 is 0 Å². The van der Waals surface area contributed by atoms with Crippen molar-refractivity contribution in [3.05, 3.63) is 0 Å². The van der Waals surface area contributed by atoms with Crippen molar-refractivity contribution in [3.63, 3.8) is 0 Å². The van der Waals surface area contributed by atoms with Gasteiger partial charge in [-0.3, -0.25) is 0 Å². The molecule has 3 saturated heterocycles. The van der Waals surface area contributed by atoms with Gasteiger partial charge in [-0.2, -0.15) is 0 Å². The fourth-order valence-electron chi connectivity index (χ4n) is 2.99. The van der Waals surface area contributed by atoms with Crippen LogP contribution in [0.3, 0.4) is 0 Å². The number of ether oxygens (including phenoxy) is 5. The maximum absolute atomic E-state index is 5.96. The van der Waals surface area contributed by atoms with Crippen molar-refractivity contribution in [3.8, 4) is 0 Å². The minimum Gasteiger partial charge on any atom is -0.348 e. The molecule has 3 heterocycles. The van der Waals surface area contributed by atoms with Crippen molar-refractivity contribution in [1.29, 1.82) is 0 Å². The Morgan fingerprint density at radius 2 is 1.61 bits per heavy atom. The molecule has 0 aliphatic carbocycles. The maximum Gasteiger partial charge on any atom is 0.187 e. The topological polar surface area (TPSA) is 46.2 Å². The molecule has 0 N–H and O–H groups in total. The molecule has 104 valence electrons. The molecule has 0 aromatic heterocycles. The summed E-state index contributed by atoms with van der Waals surface area (Å²) in [4.78, 5) is 0. The Hall–Kier alpha value is -0.200. The molecule has 0 spiro atoms. The first-order chi connectivity index (χ1) is 8.27. The molecule has 0 amide bonds. The van der Waals surface area contributed by atoms with Gasteiger partial charge in [-0.15, -0.1) is 0 Å². The molecule has 0 radical (unpaired) electrons. The normalized spacial score (nSPS) is 49.5. The zero-order chi connectivity index (χ0) is 13.1. The third kappa shape index (κ3) is 2.08. The van der Waals surface area contributed by atoms with Crippen molar-refractivity contribution in [2.24, 2.45) is 5.92 Å². The smallest absolute Gasteiger partial charge is 0.187 e. The third-order valence-electron chi connectivity index (χ3n) is 3.81. The van der Waals surface area contributed by atoms with Gasteiger partial charge in [-0.05, 0) is 27.7 Å². The second kappa shape index (κ2) is 3.90.